The van der Waals surface area contributed by atoms with Gasteiger partial charge in [0.25, 0.3) is 0 Å². The molecule has 2 rings (SSSR count). The van der Waals surface area contributed by atoms with E-state index in [-0.39, 0.29) is 5.25 Å². The van der Waals surface area contributed by atoms with Crippen molar-refractivity contribution in [2.75, 3.05) is 6.54 Å². The Kier molecular flexibility index (Phi) is 4.86. The van der Waals surface area contributed by atoms with Gasteiger partial charge in [-0.2, -0.15) is 0 Å². The maximum absolute atomic E-state index is 12.1. The summed E-state index contributed by atoms with van der Waals surface area (Å²) in [6, 6.07) is 0. The van der Waals surface area contributed by atoms with E-state index >= 15 is 0 Å². The van der Waals surface area contributed by atoms with Crippen LogP contribution in [0.3, 0.4) is 0 Å². The molecule has 0 radical (unpaired) electrons. The summed E-state index contributed by atoms with van der Waals surface area (Å²) in [4.78, 5) is 0. The van der Waals surface area contributed by atoms with Crippen molar-refractivity contribution in [1.29, 1.82) is 0 Å². The van der Waals surface area contributed by atoms with Crippen molar-refractivity contribution >= 4 is 10.0 Å². The Balaban J connectivity index is 1.79. The van der Waals surface area contributed by atoms with Crippen LogP contribution >= 0.6 is 0 Å². The molecule has 0 aromatic rings. The highest BCUT2D eigenvalue weighted by molar-refractivity contribution is 7.90. The molecule has 100 valence electrons. The minimum atomic E-state index is -3.03. The van der Waals surface area contributed by atoms with E-state index in [0.717, 1.165) is 25.7 Å². The van der Waals surface area contributed by atoms with Crippen LogP contribution in [-0.2, 0) is 10.0 Å². The van der Waals surface area contributed by atoms with Crippen LogP contribution in [0, 0.1) is 5.92 Å². The van der Waals surface area contributed by atoms with Crippen LogP contribution in [0.2, 0.25) is 0 Å². The van der Waals surface area contributed by atoms with Gasteiger partial charge in [-0.15, -0.1) is 0 Å². The molecule has 0 bridgehead atoms. The average molecular weight is 259 g/mol. The van der Waals surface area contributed by atoms with Crippen molar-refractivity contribution in [1.82, 2.24) is 4.72 Å². The second-order valence-electron chi connectivity index (χ2n) is 5.66. The molecule has 0 unspecified atom stereocenters. The smallest absolute Gasteiger partial charge is 0.214 e. The molecule has 0 aromatic heterocycles. The van der Waals surface area contributed by atoms with Gasteiger partial charge >= 0.3 is 0 Å². The van der Waals surface area contributed by atoms with Crippen LogP contribution in [0.4, 0.5) is 0 Å². The van der Waals surface area contributed by atoms with Gasteiger partial charge in [0.05, 0.1) is 5.25 Å². The van der Waals surface area contributed by atoms with Crippen LogP contribution in [0.25, 0.3) is 0 Å². The van der Waals surface area contributed by atoms with E-state index in [2.05, 4.69) is 4.72 Å². The van der Waals surface area contributed by atoms with Gasteiger partial charge in [-0.05, 0) is 31.6 Å². The Morgan fingerprint density at radius 2 is 1.35 bits per heavy atom. The van der Waals surface area contributed by atoms with Gasteiger partial charge < -0.3 is 0 Å². The summed E-state index contributed by atoms with van der Waals surface area (Å²) in [5.74, 6) is 0.585. The average Bonchev–Trinajstić information content (AvgIpc) is 2.39. The second-order valence-corrected chi connectivity index (χ2v) is 7.70. The van der Waals surface area contributed by atoms with Crippen molar-refractivity contribution in [2.45, 2.75) is 69.5 Å². The lowest BCUT2D eigenvalue weighted by molar-refractivity contribution is 0.355. The SMILES string of the molecule is O=S(=O)(NCC1CCCCC1)C1CCCCC1. The maximum Gasteiger partial charge on any atom is 0.214 e. The largest absolute Gasteiger partial charge is 0.215 e. The third-order valence-electron chi connectivity index (χ3n) is 4.29. The quantitative estimate of drug-likeness (QED) is 0.844. The fourth-order valence-electron chi connectivity index (χ4n) is 3.12. The fourth-order valence-corrected chi connectivity index (χ4v) is 4.78. The van der Waals surface area contributed by atoms with Crippen molar-refractivity contribution < 1.29 is 8.42 Å². The van der Waals surface area contributed by atoms with Crippen LogP contribution < -0.4 is 4.72 Å². The van der Waals surface area contributed by atoms with E-state index in [4.69, 9.17) is 0 Å². The highest BCUT2D eigenvalue weighted by atomic mass is 32.2. The molecule has 0 spiro atoms. The summed E-state index contributed by atoms with van der Waals surface area (Å²) in [6.45, 7) is 0.679. The number of nitrogens with one attached hydrogen (secondary N) is 1. The van der Waals surface area contributed by atoms with E-state index in [0.29, 0.717) is 12.5 Å². The Hall–Kier alpha value is -0.0900. The van der Waals surface area contributed by atoms with Gasteiger partial charge in [0.2, 0.25) is 10.0 Å². The van der Waals surface area contributed by atoms with E-state index in [1.54, 1.807) is 0 Å². The molecule has 2 fully saturated rings. The Bertz CT molecular complexity index is 314. The molecule has 3 nitrogen and oxygen atoms in total. The molecule has 0 aliphatic heterocycles. The zero-order valence-electron chi connectivity index (χ0n) is 10.7. The van der Waals surface area contributed by atoms with Gasteiger partial charge in [-0.3, -0.25) is 0 Å². The summed E-state index contributed by atoms with van der Waals surface area (Å²) >= 11 is 0. The van der Waals surface area contributed by atoms with E-state index in [1.165, 1.54) is 38.5 Å². The monoisotopic (exact) mass is 259 g/mol. The Labute approximate surface area is 105 Å². The van der Waals surface area contributed by atoms with Crippen LogP contribution in [0.5, 0.6) is 0 Å². The number of sulfonamides is 1. The molecule has 1 N–H and O–H groups in total. The molecule has 4 heteroatoms. The molecule has 0 saturated heterocycles. The first-order chi connectivity index (χ1) is 8.18. The predicted molar refractivity (Wildman–Crippen MR) is 70.4 cm³/mol. The number of hydrogen-bond donors (Lipinski definition) is 1. The zero-order valence-corrected chi connectivity index (χ0v) is 11.5. The van der Waals surface area contributed by atoms with E-state index in [1.807, 2.05) is 0 Å². The second kappa shape index (κ2) is 6.19. The summed E-state index contributed by atoms with van der Waals surface area (Å²) in [7, 11) is -3.03. The molecule has 0 aromatic carbocycles. The lowest BCUT2D eigenvalue weighted by atomic mass is 9.90. The maximum atomic E-state index is 12.1. The molecule has 2 aliphatic rings. The van der Waals surface area contributed by atoms with Gasteiger partial charge in [-0.25, -0.2) is 13.1 Å². The zero-order chi connectivity index (χ0) is 12.1. The van der Waals surface area contributed by atoms with Gasteiger partial charge in [0, 0.05) is 6.54 Å². The normalized spacial score (nSPS) is 24.9. The first-order valence-corrected chi connectivity index (χ1v) is 8.71. The summed E-state index contributed by atoms with van der Waals surface area (Å²) in [5, 5.41) is -0.111. The number of hydrogen-bond acceptors (Lipinski definition) is 2. The topological polar surface area (TPSA) is 46.2 Å². The van der Waals surface area contributed by atoms with Gasteiger partial charge in [0.1, 0.15) is 0 Å². The molecule has 2 saturated carbocycles. The fraction of sp³-hybridized carbons (Fsp3) is 1.00. The highest BCUT2D eigenvalue weighted by Crippen LogP contribution is 2.25. The van der Waals surface area contributed by atoms with Crippen LogP contribution in [0.1, 0.15) is 64.2 Å². The van der Waals surface area contributed by atoms with Crippen molar-refractivity contribution in [3.63, 3.8) is 0 Å². The number of rotatable bonds is 4. The third-order valence-corrected chi connectivity index (χ3v) is 6.21. The Morgan fingerprint density at radius 1 is 0.824 bits per heavy atom. The Morgan fingerprint density at radius 3 is 1.94 bits per heavy atom. The van der Waals surface area contributed by atoms with Gasteiger partial charge in [0.15, 0.2) is 0 Å². The summed E-state index contributed by atoms with van der Waals surface area (Å²) in [6.07, 6.45) is 11.4. The highest BCUT2D eigenvalue weighted by Gasteiger charge is 2.27. The standard InChI is InChI=1S/C13H25NO2S/c15-17(16,13-9-5-2-6-10-13)14-11-12-7-3-1-4-8-12/h12-14H,1-11H2. The molecule has 0 atom stereocenters. The van der Waals surface area contributed by atoms with E-state index in [9.17, 15) is 8.42 Å². The molecular weight excluding hydrogens is 234 g/mol. The van der Waals surface area contributed by atoms with Gasteiger partial charge in [-0.1, -0.05) is 38.5 Å². The van der Waals surface area contributed by atoms with Crippen molar-refractivity contribution in [2.24, 2.45) is 5.92 Å². The van der Waals surface area contributed by atoms with Crippen molar-refractivity contribution in [3.05, 3.63) is 0 Å². The molecule has 17 heavy (non-hydrogen) atoms. The minimum absolute atomic E-state index is 0.111. The summed E-state index contributed by atoms with van der Waals surface area (Å²) < 4.78 is 27.1. The first kappa shape index (κ1) is 13.3. The molecular formula is C13H25NO2S. The molecule has 2 aliphatic carbocycles. The molecule has 0 amide bonds. The molecule has 0 heterocycles. The first-order valence-electron chi connectivity index (χ1n) is 7.17. The third kappa shape index (κ3) is 3.95. The van der Waals surface area contributed by atoms with Crippen molar-refractivity contribution in [3.8, 4) is 0 Å². The predicted octanol–water partition coefficient (Wildman–Crippen LogP) is 2.82. The lowest BCUT2D eigenvalue weighted by Crippen LogP contribution is -2.38. The van der Waals surface area contributed by atoms with E-state index < -0.39 is 10.0 Å². The lowest BCUT2D eigenvalue weighted by Gasteiger charge is -2.25. The summed E-state index contributed by atoms with van der Waals surface area (Å²) in [5.41, 5.74) is 0. The van der Waals surface area contributed by atoms with Crippen LogP contribution in [-0.4, -0.2) is 20.2 Å². The minimum Gasteiger partial charge on any atom is -0.215 e. The van der Waals surface area contributed by atoms with Crippen LogP contribution in [0.15, 0.2) is 0 Å².